The van der Waals surface area contributed by atoms with Crippen molar-refractivity contribution < 1.29 is 34.2 Å². The van der Waals surface area contributed by atoms with Crippen LogP contribution in [0.3, 0.4) is 0 Å². The van der Waals surface area contributed by atoms with Crippen LogP contribution in [0.5, 0.6) is 0 Å². The number of nitrogens with two attached hydrogens (primary N) is 1. The predicted molar refractivity (Wildman–Crippen MR) is 115 cm³/mol. The molecule has 0 aromatic heterocycles. The highest BCUT2D eigenvalue weighted by atomic mass is 32.1. The molecular weight excluding hydrogens is 436 g/mol. The highest BCUT2D eigenvalue weighted by Crippen LogP contribution is 2.08. The molecule has 0 aromatic rings. The quantitative estimate of drug-likeness (QED) is 0.144. The van der Waals surface area contributed by atoms with Crippen molar-refractivity contribution in [3.63, 3.8) is 0 Å². The first-order valence-electron chi connectivity index (χ1n) is 9.25. The molecule has 0 heterocycles. The number of carboxylic acid groups (broad SMARTS) is 2. The largest absolute Gasteiger partial charge is 0.481 e. The van der Waals surface area contributed by atoms with E-state index in [1.165, 1.54) is 0 Å². The zero-order valence-corrected chi connectivity index (χ0v) is 18.6. The number of hydrogen-bond acceptors (Lipinski definition) is 8. The average Bonchev–Trinajstić information content (AvgIpc) is 2.66. The Morgan fingerprint density at radius 1 is 0.833 bits per heavy atom. The summed E-state index contributed by atoms with van der Waals surface area (Å²) in [4.78, 5) is 59.0. The molecule has 7 N–H and O–H groups in total. The van der Waals surface area contributed by atoms with Gasteiger partial charge < -0.3 is 31.9 Å². The van der Waals surface area contributed by atoms with E-state index in [2.05, 4.69) is 41.2 Å². The first-order chi connectivity index (χ1) is 13.9. The number of thiol groups is 2. The molecule has 0 saturated carbocycles. The number of rotatable bonds is 14. The van der Waals surface area contributed by atoms with Gasteiger partial charge >= 0.3 is 11.9 Å². The lowest BCUT2D eigenvalue weighted by Gasteiger charge is -2.25. The molecule has 4 atom stereocenters. The van der Waals surface area contributed by atoms with Gasteiger partial charge in [0.15, 0.2) is 0 Å². The van der Waals surface area contributed by atoms with E-state index in [1.54, 1.807) is 13.8 Å². The smallest absolute Gasteiger partial charge is 0.326 e. The molecule has 30 heavy (non-hydrogen) atoms. The number of hydrogen-bond donors (Lipinski definition) is 8. The number of carbonyl (C=O) groups excluding carboxylic acids is 3. The minimum atomic E-state index is -1.42. The Kier molecular flexibility index (Phi) is 13.2. The summed E-state index contributed by atoms with van der Waals surface area (Å²) < 4.78 is 0. The molecule has 11 nitrogen and oxygen atoms in total. The lowest BCUT2D eigenvalue weighted by atomic mass is 10.0. The Morgan fingerprint density at radius 3 is 1.77 bits per heavy atom. The molecule has 0 fully saturated rings. The second kappa shape index (κ2) is 14.1. The molecule has 0 bridgehead atoms. The number of aliphatic carboxylic acids is 2. The fourth-order valence-electron chi connectivity index (χ4n) is 2.33. The number of nitrogens with one attached hydrogen (secondary N) is 3. The standard InChI is InChI=1S/C17H30N4O7S2/c1-8(2)5-11(15(25)19-10(17(27)28)3-4-13(22)23)20-16(26)12(7-30)21-14(24)9(18)6-29/h8-12,29-30H,3-7,18H2,1-2H3,(H,19,25)(H,20,26)(H,21,24)(H,22,23)(H,27,28). The van der Waals surface area contributed by atoms with Crippen molar-refractivity contribution in [2.45, 2.75) is 57.3 Å². The topological polar surface area (TPSA) is 188 Å². The van der Waals surface area contributed by atoms with Crippen molar-refractivity contribution in [3.05, 3.63) is 0 Å². The van der Waals surface area contributed by atoms with Crippen LogP contribution in [0.2, 0.25) is 0 Å². The van der Waals surface area contributed by atoms with E-state index < -0.39 is 60.2 Å². The van der Waals surface area contributed by atoms with Crippen molar-refractivity contribution in [1.29, 1.82) is 0 Å². The molecule has 13 heteroatoms. The third-order valence-electron chi connectivity index (χ3n) is 3.95. The maximum atomic E-state index is 12.6. The molecule has 0 aliphatic carbocycles. The van der Waals surface area contributed by atoms with E-state index in [4.69, 9.17) is 10.8 Å². The number of carboxylic acids is 2. The molecule has 0 aliphatic heterocycles. The molecule has 0 rings (SSSR count). The average molecular weight is 467 g/mol. The van der Waals surface area contributed by atoms with Crippen LogP contribution in [0.4, 0.5) is 0 Å². The van der Waals surface area contributed by atoms with Crippen LogP contribution in [-0.2, 0) is 24.0 Å². The third-order valence-corrected chi connectivity index (χ3v) is 4.71. The highest BCUT2D eigenvalue weighted by molar-refractivity contribution is 7.80. The van der Waals surface area contributed by atoms with Gasteiger partial charge in [0, 0.05) is 17.9 Å². The fraction of sp³-hybridized carbons (Fsp3) is 0.706. The predicted octanol–water partition coefficient (Wildman–Crippen LogP) is -1.38. The molecule has 172 valence electrons. The first-order valence-corrected chi connectivity index (χ1v) is 10.5. The van der Waals surface area contributed by atoms with E-state index in [-0.39, 0.29) is 30.3 Å². The van der Waals surface area contributed by atoms with Crippen molar-refractivity contribution in [2.75, 3.05) is 11.5 Å². The lowest BCUT2D eigenvalue weighted by molar-refractivity contribution is -0.143. The molecular formula is C17H30N4O7S2. The van der Waals surface area contributed by atoms with E-state index in [0.717, 1.165) is 0 Å². The molecule has 0 spiro atoms. The second-order valence-corrected chi connectivity index (χ2v) is 7.79. The van der Waals surface area contributed by atoms with E-state index in [0.29, 0.717) is 0 Å². The van der Waals surface area contributed by atoms with Gasteiger partial charge in [-0.05, 0) is 18.8 Å². The van der Waals surface area contributed by atoms with Crippen LogP contribution in [0.1, 0.15) is 33.1 Å². The Labute approximate surface area is 185 Å². The van der Waals surface area contributed by atoms with Gasteiger partial charge in [0.25, 0.3) is 0 Å². The minimum absolute atomic E-state index is 0.0370. The minimum Gasteiger partial charge on any atom is -0.481 e. The van der Waals surface area contributed by atoms with E-state index in [9.17, 15) is 29.1 Å². The summed E-state index contributed by atoms with van der Waals surface area (Å²) in [5.41, 5.74) is 5.56. The Bertz CT molecular complexity index is 633. The van der Waals surface area contributed by atoms with Gasteiger partial charge in [-0.15, -0.1) is 0 Å². The van der Waals surface area contributed by atoms with Crippen LogP contribution in [-0.4, -0.2) is 75.5 Å². The molecule has 0 aliphatic rings. The second-order valence-electron chi connectivity index (χ2n) is 7.06. The van der Waals surface area contributed by atoms with Crippen molar-refractivity contribution >= 4 is 54.9 Å². The van der Waals surface area contributed by atoms with E-state index >= 15 is 0 Å². The van der Waals surface area contributed by atoms with Crippen molar-refractivity contribution in [2.24, 2.45) is 11.7 Å². The van der Waals surface area contributed by atoms with Crippen LogP contribution in [0.25, 0.3) is 0 Å². The molecule has 4 unspecified atom stereocenters. The van der Waals surface area contributed by atoms with Gasteiger partial charge in [0.1, 0.15) is 18.1 Å². The maximum Gasteiger partial charge on any atom is 0.326 e. The summed E-state index contributed by atoms with van der Waals surface area (Å²) in [6, 6.07) is -4.52. The van der Waals surface area contributed by atoms with Crippen molar-refractivity contribution in [3.8, 4) is 0 Å². The number of amides is 3. The van der Waals surface area contributed by atoms with Gasteiger partial charge in [-0.1, -0.05) is 13.8 Å². The molecule has 3 amide bonds. The first kappa shape index (κ1) is 28.0. The van der Waals surface area contributed by atoms with Gasteiger partial charge in [0.05, 0.1) is 6.04 Å². The maximum absolute atomic E-state index is 12.6. The van der Waals surface area contributed by atoms with Gasteiger partial charge in [0.2, 0.25) is 17.7 Å². The summed E-state index contributed by atoms with van der Waals surface area (Å²) in [6.45, 7) is 3.60. The zero-order valence-electron chi connectivity index (χ0n) is 16.8. The SMILES string of the molecule is CC(C)CC(NC(=O)C(CS)NC(=O)C(N)CS)C(=O)NC(CCC(=O)O)C(=O)O. The Hall–Kier alpha value is -1.99. The van der Waals surface area contributed by atoms with E-state index in [1.807, 2.05) is 0 Å². The zero-order chi connectivity index (χ0) is 23.4. The monoisotopic (exact) mass is 466 g/mol. The van der Waals surface area contributed by atoms with Crippen LogP contribution in [0, 0.1) is 5.92 Å². The van der Waals surface area contributed by atoms with Gasteiger partial charge in [-0.3, -0.25) is 19.2 Å². The van der Waals surface area contributed by atoms with Gasteiger partial charge in [-0.2, -0.15) is 25.3 Å². The van der Waals surface area contributed by atoms with Crippen molar-refractivity contribution in [1.82, 2.24) is 16.0 Å². The summed E-state index contributed by atoms with van der Waals surface area (Å²) >= 11 is 7.94. The number of carbonyl (C=O) groups is 5. The third kappa shape index (κ3) is 10.7. The highest BCUT2D eigenvalue weighted by Gasteiger charge is 2.30. The summed E-state index contributed by atoms with van der Waals surface area (Å²) in [5.74, 6) is -4.70. The lowest BCUT2D eigenvalue weighted by Crippen LogP contribution is -2.58. The van der Waals surface area contributed by atoms with Crippen LogP contribution in [0.15, 0.2) is 0 Å². The molecule has 0 saturated heterocycles. The molecule has 0 aromatic carbocycles. The fourth-order valence-corrected chi connectivity index (χ4v) is 2.75. The summed E-state index contributed by atoms with van der Waals surface area (Å²) in [7, 11) is 0. The van der Waals surface area contributed by atoms with Gasteiger partial charge in [-0.25, -0.2) is 4.79 Å². The Morgan fingerprint density at radius 2 is 1.33 bits per heavy atom. The molecule has 0 radical (unpaired) electrons. The normalized spacial score (nSPS) is 14.9. The van der Waals surface area contributed by atoms with Crippen LogP contribution >= 0.6 is 25.3 Å². The summed E-state index contributed by atoms with van der Waals surface area (Å²) in [5, 5.41) is 25.1. The summed E-state index contributed by atoms with van der Waals surface area (Å²) in [6.07, 6.45) is -0.570. The van der Waals surface area contributed by atoms with Crippen LogP contribution < -0.4 is 21.7 Å². The Balaban J connectivity index is 5.25.